The van der Waals surface area contributed by atoms with E-state index in [2.05, 4.69) is 12.6 Å². The Morgan fingerprint density at radius 2 is 0.676 bits per heavy atom. The Morgan fingerprint density at radius 3 is 1.00 bits per heavy atom. The number of rotatable bonds is 8. The molecule has 4 aromatic rings. The minimum absolute atomic E-state index is 0.0615. The van der Waals surface area contributed by atoms with E-state index in [0.29, 0.717) is 12.8 Å². The third-order valence-electron chi connectivity index (χ3n) is 5.63. The molecule has 0 unspecified atom stereocenters. The van der Waals surface area contributed by atoms with Crippen LogP contribution in [0.5, 0.6) is 0 Å². The first-order valence-electron chi connectivity index (χ1n) is 11.5. The Balaban J connectivity index is 0.000000191. The lowest BCUT2D eigenvalue weighted by atomic mass is 9.99. The molecular formula is C30H32O3S. The van der Waals surface area contributed by atoms with Gasteiger partial charge in [-0.05, 0) is 28.7 Å². The minimum atomic E-state index is -0.633. The summed E-state index contributed by atoms with van der Waals surface area (Å²) >= 11 is 4.55. The fraction of sp³-hybridized carbons (Fsp3) is 0.200. The molecule has 0 fully saturated rings. The quantitative estimate of drug-likeness (QED) is 0.218. The summed E-state index contributed by atoms with van der Waals surface area (Å²) in [5, 5.41) is 30.1. The molecule has 0 aliphatic rings. The molecule has 3 nitrogen and oxygen atoms in total. The summed E-state index contributed by atoms with van der Waals surface area (Å²) in [5.74, 6) is 0. The highest BCUT2D eigenvalue weighted by molar-refractivity contribution is 7.80. The number of benzene rings is 4. The lowest BCUT2D eigenvalue weighted by Gasteiger charge is -2.16. The molecule has 34 heavy (non-hydrogen) atoms. The van der Waals surface area contributed by atoms with Crippen LogP contribution in [-0.2, 0) is 0 Å². The molecule has 0 aliphatic heterocycles. The van der Waals surface area contributed by atoms with E-state index in [1.807, 2.05) is 121 Å². The highest BCUT2D eigenvalue weighted by Gasteiger charge is 2.15. The zero-order chi connectivity index (χ0) is 24.2. The van der Waals surface area contributed by atoms with Gasteiger partial charge in [-0.15, -0.1) is 0 Å². The Bertz CT molecular complexity index is 883. The molecule has 176 valence electrons. The van der Waals surface area contributed by atoms with Crippen LogP contribution in [0, 0.1) is 0 Å². The van der Waals surface area contributed by atoms with E-state index in [1.54, 1.807) is 0 Å². The number of aliphatic hydroxyl groups excluding tert-OH is 3. The van der Waals surface area contributed by atoms with Gasteiger partial charge in [0.1, 0.15) is 0 Å². The Morgan fingerprint density at radius 1 is 0.412 bits per heavy atom. The summed E-state index contributed by atoms with van der Waals surface area (Å²) in [6.45, 7) is 0. The van der Waals surface area contributed by atoms with Crippen LogP contribution in [0.1, 0.15) is 58.7 Å². The van der Waals surface area contributed by atoms with Gasteiger partial charge in [-0.25, -0.2) is 0 Å². The fourth-order valence-electron chi connectivity index (χ4n) is 3.67. The maximum atomic E-state index is 10.1. The minimum Gasteiger partial charge on any atom is -0.388 e. The molecule has 0 bridgehead atoms. The summed E-state index contributed by atoms with van der Waals surface area (Å²) in [6, 6.07) is 38.6. The largest absolute Gasteiger partial charge is 0.388 e. The van der Waals surface area contributed by atoms with Crippen LogP contribution in [0.15, 0.2) is 121 Å². The van der Waals surface area contributed by atoms with Gasteiger partial charge in [0, 0.05) is 11.7 Å². The summed E-state index contributed by atoms with van der Waals surface area (Å²) in [6.07, 6.45) is -0.790. The first-order chi connectivity index (χ1) is 16.5. The molecule has 0 saturated heterocycles. The van der Waals surface area contributed by atoms with E-state index in [4.69, 9.17) is 0 Å². The third kappa shape index (κ3) is 8.15. The topological polar surface area (TPSA) is 60.7 Å². The standard InChI is InChI=1S/C15H16O2.C15H16OS/c2*16-14(12-7-3-1-4-8-12)11-15(17)13-9-5-2-6-10-13/h2*1-10,14-17H,11H2/t14-,15-;14-,15+/m00/s1. The second kappa shape index (κ2) is 13.7. The second-order valence-corrected chi connectivity index (χ2v) is 8.80. The van der Waals surface area contributed by atoms with Gasteiger partial charge in [0.25, 0.3) is 0 Å². The predicted octanol–water partition coefficient (Wildman–Crippen LogP) is 6.62. The molecule has 0 radical (unpaired) electrons. The molecule has 0 saturated carbocycles. The summed E-state index contributed by atoms with van der Waals surface area (Å²) in [7, 11) is 0. The van der Waals surface area contributed by atoms with E-state index in [1.165, 1.54) is 0 Å². The van der Waals surface area contributed by atoms with Crippen LogP contribution >= 0.6 is 12.6 Å². The molecule has 4 atom stereocenters. The lowest BCUT2D eigenvalue weighted by molar-refractivity contribution is 0.0804. The van der Waals surface area contributed by atoms with Gasteiger partial charge in [0.15, 0.2) is 0 Å². The van der Waals surface area contributed by atoms with Crippen LogP contribution in [-0.4, -0.2) is 15.3 Å². The summed E-state index contributed by atoms with van der Waals surface area (Å²) < 4.78 is 0. The SMILES string of the molecule is O[C@@H](C[C@@H](S)c1ccccc1)c1ccccc1.O[C@@H](C[C@H](O)c1ccccc1)c1ccccc1. The van der Waals surface area contributed by atoms with Crippen molar-refractivity contribution in [1.82, 2.24) is 0 Å². The van der Waals surface area contributed by atoms with Gasteiger partial charge in [-0.2, -0.15) is 12.6 Å². The first-order valence-corrected chi connectivity index (χ1v) is 12.0. The van der Waals surface area contributed by atoms with Crippen LogP contribution in [0.3, 0.4) is 0 Å². The van der Waals surface area contributed by atoms with Gasteiger partial charge in [0.05, 0.1) is 18.3 Å². The van der Waals surface area contributed by atoms with Crippen LogP contribution < -0.4 is 0 Å². The average Bonchev–Trinajstić information content (AvgIpc) is 2.91. The lowest BCUT2D eigenvalue weighted by Crippen LogP contribution is -2.05. The van der Waals surface area contributed by atoms with Crippen molar-refractivity contribution < 1.29 is 15.3 Å². The molecule has 0 aliphatic carbocycles. The normalized spacial score (nSPS) is 14.2. The maximum Gasteiger partial charge on any atom is 0.0818 e. The molecule has 0 heterocycles. The zero-order valence-electron chi connectivity index (χ0n) is 19.1. The molecule has 4 rings (SSSR count). The smallest absolute Gasteiger partial charge is 0.0818 e. The third-order valence-corrected chi connectivity index (χ3v) is 6.14. The van der Waals surface area contributed by atoms with Crippen molar-refractivity contribution in [3.8, 4) is 0 Å². The molecular weight excluding hydrogens is 440 g/mol. The Hall–Kier alpha value is -2.89. The zero-order valence-corrected chi connectivity index (χ0v) is 20.0. The van der Waals surface area contributed by atoms with Crippen molar-refractivity contribution in [2.24, 2.45) is 0 Å². The Kier molecular flexibility index (Phi) is 10.4. The molecule has 0 spiro atoms. The monoisotopic (exact) mass is 472 g/mol. The van der Waals surface area contributed by atoms with E-state index >= 15 is 0 Å². The average molecular weight is 473 g/mol. The fourth-order valence-corrected chi connectivity index (χ4v) is 4.04. The molecule has 0 amide bonds. The molecule has 3 N–H and O–H groups in total. The number of thiol groups is 1. The van der Waals surface area contributed by atoms with Crippen molar-refractivity contribution >= 4 is 12.6 Å². The van der Waals surface area contributed by atoms with E-state index < -0.39 is 18.3 Å². The highest BCUT2D eigenvalue weighted by Crippen LogP contribution is 2.30. The van der Waals surface area contributed by atoms with Crippen LogP contribution in [0.2, 0.25) is 0 Å². The van der Waals surface area contributed by atoms with Crippen molar-refractivity contribution in [2.75, 3.05) is 0 Å². The van der Waals surface area contributed by atoms with E-state index in [9.17, 15) is 15.3 Å². The first kappa shape index (κ1) is 25.7. The summed E-state index contributed by atoms with van der Waals surface area (Å²) in [5.41, 5.74) is 3.76. The van der Waals surface area contributed by atoms with Gasteiger partial charge in [-0.3, -0.25) is 0 Å². The molecule has 4 heteroatoms. The van der Waals surface area contributed by atoms with Gasteiger partial charge < -0.3 is 15.3 Å². The summed E-state index contributed by atoms with van der Waals surface area (Å²) in [4.78, 5) is 0. The molecule has 4 aromatic carbocycles. The van der Waals surface area contributed by atoms with E-state index in [0.717, 1.165) is 22.3 Å². The van der Waals surface area contributed by atoms with Crippen molar-refractivity contribution in [3.63, 3.8) is 0 Å². The van der Waals surface area contributed by atoms with Crippen molar-refractivity contribution in [3.05, 3.63) is 144 Å². The predicted molar refractivity (Wildman–Crippen MR) is 142 cm³/mol. The second-order valence-electron chi connectivity index (χ2n) is 8.18. The van der Waals surface area contributed by atoms with Crippen LogP contribution in [0.25, 0.3) is 0 Å². The van der Waals surface area contributed by atoms with Crippen LogP contribution in [0.4, 0.5) is 0 Å². The van der Waals surface area contributed by atoms with Gasteiger partial charge in [-0.1, -0.05) is 121 Å². The van der Waals surface area contributed by atoms with Crippen molar-refractivity contribution in [2.45, 2.75) is 36.4 Å². The number of hydrogen-bond acceptors (Lipinski definition) is 4. The molecule has 0 aromatic heterocycles. The van der Waals surface area contributed by atoms with E-state index in [-0.39, 0.29) is 5.25 Å². The number of hydrogen-bond donors (Lipinski definition) is 4. The maximum absolute atomic E-state index is 10.1. The number of aliphatic hydroxyl groups is 3. The Labute approximate surface area is 207 Å². The van der Waals surface area contributed by atoms with Crippen molar-refractivity contribution in [1.29, 1.82) is 0 Å². The highest BCUT2D eigenvalue weighted by atomic mass is 32.1. The van der Waals surface area contributed by atoms with Gasteiger partial charge in [0.2, 0.25) is 0 Å². The van der Waals surface area contributed by atoms with Gasteiger partial charge >= 0.3 is 0 Å².